The molecule has 1 N–H and O–H groups in total. The van der Waals surface area contributed by atoms with Crippen LogP contribution in [-0.2, 0) is 14.8 Å². The average molecular weight is 371 g/mol. The van der Waals surface area contributed by atoms with E-state index < -0.39 is 21.8 Å². The maximum absolute atomic E-state index is 13.0. The summed E-state index contributed by atoms with van der Waals surface area (Å²) in [6.45, 7) is 1.18. The third kappa shape index (κ3) is 3.79. The Hall–Kier alpha value is -1.45. The molecule has 130 valence electrons. The number of nitrogens with zero attached hydrogens (tertiary/aromatic N) is 2. The van der Waals surface area contributed by atoms with Gasteiger partial charge in [0.1, 0.15) is 5.82 Å². The van der Waals surface area contributed by atoms with E-state index >= 15 is 0 Å². The first kappa shape index (κ1) is 17.4. The number of rotatable bonds is 3. The van der Waals surface area contributed by atoms with Gasteiger partial charge < -0.3 is 5.32 Å². The molecule has 0 radical (unpaired) electrons. The minimum Gasteiger partial charge on any atom is -0.305 e. The standard InChI is InChI=1S/C15H18FN3O3S2/c16-12-3-5-13(6-4-12)24(21,22)19-8-1-2-11(10-19)14(20)18-15-17-7-9-23-15/h3-6,11H,1-2,7-10H2,(H,17,18,20)/t11-/m0/s1. The summed E-state index contributed by atoms with van der Waals surface area (Å²) in [5, 5.41) is 3.38. The van der Waals surface area contributed by atoms with Crippen LogP contribution in [0.15, 0.2) is 34.2 Å². The lowest BCUT2D eigenvalue weighted by molar-refractivity contribution is -0.124. The first-order valence-corrected chi connectivity index (χ1v) is 10.1. The summed E-state index contributed by atoms with van der Waals surface area (Å²) < 4.78 is 39.6. The van der Waals surface area contributed by atoms with Crippen LogP contribution in [0.2, 0.25) is 0 Å². The molecule has 0 bridgehead atoms. The van der Waals surface area contributed by atoms with Gasteiger partial charge in [-0.25, -0.2) is 12.8 Å². The second kappa shape index (κ2) is 7.20. The number of piperidine rings is 1. The molecule has 1 aromatic rings. The van der Waals surface area contributed by atoms with Crippen molar-refractivity contribution in [1.29, 1.82) is 0 Å². The van der Waals surface area contributed by atoms with E-state index in [1.54, 1.807) is 0 Å². The summed E-state index contributed by atoms with van der Waals surface area (Å²) >= 11 is 1.49. The first-order valence-electron chi connectivity index (χ1n) is 7.70. The Morgan fingerprint density at radius 1 is 1.33 bits per heavy atom. The number of nitrogens with one attached hydrogen (secondary N) is 1. The summed E-state index contributed by atoms with van der Waals surface area (Å²) in [5.41, 5.74) is 0. The highest BCUT2D eigenvalue weighted by atomic mass is 32.2. The van der Waals surface area contributed by atoms with Crippen LogP contribution in [0.5, 0.6) is 0 Å². The van der Waals surface area contributed by atoms with Crippen LogP contribution in [0.4, 0.5) is 4.39 Å². The third-order valence-corrected chi connectivity index (χ3v) is 6.79. The van der Waals surface area contributed by atoms with Gasteiger partial charge in [-0.05, 0) is 37.1 Å². The predicted molar refractivity (Wildman–Crippen MR) is 90.8 cm³/mol. The molecule has 24 heavy (non-hydrogen) atoms. The van der Waals surface area contributed by atoms with Gasteiger partial charge in [0.05, 0.1) is 17.4 Å². The van der Waals surface area contributed by atoms with E-state index in [-0.39, 0.29) is 17.3 Å². The van der Waals surface area contributed by atoms with Gasteiger partial charge in [0.15, 0.2) is 5.17 Å². The molecule has 1 saturated heterocycles. The summed E-state index contributed by atoms with van der Waals surface area (Å²) in [6, 6.07) is 4.74. The van der Waals surface area contributed by atoms with Crippen molar-refractivity contribution in [2.75, 3.05) is 25.4 Å². The number of hydrogen-bond acceptors (Lipinski definition) is 5. The topological polar surface area (TPSA) is 78.8 Å². The lowest BCUT2D eigenvalue weighted by atomic mass is 9.99. The number of thioether (sulfide) groups is 1. The molecule has 1 atom stereocenters. The molecule has 0 unspecified atom stereocenters. The molecule has 0 saturated carbocycles. The normalized spacial score (nSPS) is 22.2. The van der Waals surface area contributed by atoms with Gasteiger partial charge in [0, 0.05) is 18.8 Å². The molecule has 0 aliphatic carbocycles. The van der Waals surface area contributed by atoms with Crippen LogP contribution in [-0.4, -0.2) is 49.2 Å². The molecular formula is C15H18FN3O3S2. The highest BCUT2D eigenvalue weighted by molar-refractivity contribution is 8.14. The Morgan fingerprint density at radius 3 is 2.75 bits per heavy atom. The van der Waals surface area contributed by atoms with Gasteiger partial charge in [0.2, 0.25) is 15.9 Å². The van der Waals surface area contributed by atoms with Crippen LogP contribution in [0.1, 0.15) is 12.8 Å². The fraction of sp³-hybridized carbons (Fsp3) is 0.467. The number of aliphatic imine (C=N–C) groups is 1. The molecule has 1 fully saturated rings. The largest absolute Gasteiger partial charge is 0.305 e. The summed E-state index contributed by atoms with van der Waals surface area (Å²) in [6.07, 6.45) is 1.25. The van der Waals surface area contributed by atoms with Gasteiger partial charge in [-0.15, -0.1) is 0 Å². The monoisotopic (exact) mass is 371 g/mol. The van der Waals surface area contributed by atoms with E-state index in [1.807, 2.05) is 0 Å². The lowest BCUT2D eigenvalue weighted by Gasteiger charge is -2.31. The quantitative estimate of drug-likeness (QED) is 0.872. The molecular weight excluding hydrogens is 353 g/mol. The summed E-state index contributed by atoms with van der Waals surface area (Å²) in [5.74, 6) is -0.231. The Kier molecular flexibility index (Phi) is 5.21. The zero-order valence-corrected chi connectivity index (χ0v) is 14.6. The van der Waals surface area contributed by atoms with Crippen molar-refractivity contribution in [3.8, 4) is 0 Å². The molecule has 2 aliphatic heterocycles. The average Bonchev–Trinajstić information content (AvgIpc) is 3.08. The van der Waals surface area contributed by atoms with Crippen molar-refractivity contribution in [3.05, 3.63) is 30.1 Å². The highest BCUT2D eigenvalue weighted by Gasteiger charge is 2.33. The number of amidine groups is 1. The molecule has 1 aromatic carbocycles. The van der Waals surface area contributed by atoms with Crippen LogP contribution in [0, 0.1) is 11.7 Å². The smallest absolute Gasteiger partial charge is 0.243 e. The summed E-state index contributed by atoms with van der Waals surface area (Å²) in [7, 11) is -3.72. The molecule has 9 heteroatoms. The molecule has 6 nitrogen and oxygen atoms in total. The minimum atomic E-state index is -3.72. The van der Waals surface area contributed by atoms with Gasteiger partial charge in [-0.3, -0.25) is 9.79 Å². The van der Waals surface area contributed by atoms with Crippen molar-refractivity contribution in [2.24, 2.45) is 10.9 Å². The van der Waals surface area contributed by atoms with Crippen LogP contribution >= 0.6 is 11.8 Å². The van der Waals surface area contributed by atoms with Gasteiger partial charge >= 0.3 is 0 Å². The predicted octanol–water partition coefficient (Wildman–Crippen LogP) is 1.45. The third-order valence-electron chi connectivity index (χ3n) is 4.02. The Morgan fingerprint density at radius 2 is 2.08 bits per heavy atom. The van der Waals surface area contributed by atoms with Crippen molar-refractivity contribution < 1.29 is 17.6 Å². The Bertz CT molecular complexity index is 750. The number of halogens is 1. The molecule has 1 amide bonds. The second-order valence-corrected chi connectivity index (χ2v) is 8.70. The molecule has 0 spiro atoms. The van der Waals surface area contributed by atoms with Crippen molar-refractivity contribution >= 4 is 32.9 Å². The van der Waals surface area contributed by atoms with Gasteiger partial charge in [0.25, 0.3) is 0 Å². The SMILES string of the molecule is O=C(NC1=NCCS1)[C@H]1CCCN(S(=O)(=O)c2ccc(F)cc2)C1. The Labute approximate surface area is 144 Å². The van der Waals surface area contributed by atoms with E-state index in [1.165, 1.54) is 28.2 Å². The number of carbonyl (C=O) groups is 1. The number of hydrogen-bond donors (Lipinski definition) is 1. The van der Waals surface area contributed by atoms with Crippen molar-refractivity contribution in [2.45, 2.75) is 17.7 Å². The number of carbonyl (C=O) groups excluding carboxylic acids is 1. The van der Waals surface area contributed by atoms with E-state index in [0.717, 1.165) is 17.9 Å². The first-order chi connectivity index (χ1) is 11.5. The summed E-state index contributed by atoms with van der Waals surface area (Å²) in [4.78, 5) is 16.5. The zero-order chi connectivity index (χ0) is 17.2. The van der Waals surface area contributed by atoms with Crippen LogP contribution < -0.4 is 5.32 Å². The number of sulfonamides is 1. The molecule has 0 aromatic heterocycles. The van der Waals surface area contributed by atoms with E-state index in [0.29, 0.717) is 31.1 Å². The highest BCUT2D eigenvalue weighted by Crippen LogP contribution is 2.24. The molecule has 2 heterocycles. The Balaban J connectivity index is 1.70. The number of amides is 1. The van der Waals surface area contributed by atoms with Crippen molar-refractivity contribution in [1.82, 2.24) is 9.62 Å². The number of benzene rings is 1. The lowest BCUT2D eigenvalue weighted by Crippen LogP contribution is -2.46. The zero-order valence-electron chi connectivity index (χ0n) is 12.9. The van der Waals surface area contributed by atoms with Crippen molar-refractivity contribution in [3.63, 3.8) is 0 Å². The maximum atomic E-state index is 13.0. The maximum Gasteiger partial charge on any atom is 0.243 e. The molecule has 2 aliphatic rings. The van der Waals surface area contributed by atoms with Gasteiger partial charge in [-0.2, -0.15) is 4.31 Å². The van der Waals surface area contributed by atoms with Gasteiger partial charge in [-0.1, -0.05) is 11.8 Å². The molecule has 3 rings (SSSR count). The fourth-order valence-electron chi connectivity index (χ4n) is 2.75. The second-order valence-electron chi connectivity index (χ2n) is 5.68. The van der Waals surface area contributed by atoms with E-state index in [4.69, 9.17) is 0 Å². The minimum absolute atomic E-state index is 0.0423. The fourth-order valence-corrected chi connectivity index (χ4v) is 5.00. The van der Waals surface area contributed by atoms with Crippen LogP contribution in [0.25, 0.3) is 0 Å². The van der Waals surface area contributed by atoms with E-state index in [9.17, 15) is 17.6 Å². The van der Waals surface area contributed by atoms with E-state index in [2.05, 4.69) is 10.3 Å². The van der Waals surface area contributed by atoms with Crippen LogP contribution in [0.3, 0.4) is 0 Å².